The van der Waals surface area contributed by atoms with Crippen molar-refractivity contribution in [2.24, 2.45) is 0 Å². The summed E-state index contributed by atoms with van der Waals surface area (Å²) in [6.07, 6.45) is 0. The summed E-state index contributed by atoms with van der Waals surface area (Å²) >= 11 is 0. The standard InChI is InChI=1S/C74H71BN4/c1-71(2,3)55-41-56(72(4,5)6)44-59(43-55)78-65-35-33-52(48-25-17-13-18-26-48)37-61(65)75-62-38-53(49-27-19-14-20-28-49)34-36-66(62)79(60-45-57(73(7,8)9)42-58(46-60)74(10,11)12)68-40-54(39-67(78)69(68)75)64-47-63(50-29-21-15-22-30-50)76-70(77-64)51-31-23-16-24-32-51/h13-47H,1-12H3. The van der Waals surface area contributed by atoms with E-state index in [1.165, 1.54) is 60.9 Å². The number of hydrogen-bond acceptors (Lipinski definition) is 4. The molecule has 0 saturated heterocycles. The maximum Gasteiger partial charge on any atom is 0.252 e. The summed E-state index contributed by atoms with van der Waals surface area (Å²) < 4.78 is 0. The van der Waals surface area contributed by atoms with Gasteiger partial charge in [-0.1, -0.05) is 241 Å². The monoisotopic (exact) mass is 1030 g/mol. The Morgan fingerprint density at radius 3 is 1.00 bits per heavy atom. The molecule has 9 aromatic carbocycles. The van der Waals surface area contributed by atoms with E-state index in [1.54, 1.807) is 0 Å². The third-order valence-corrected chi connectivity index (χ3v) is 16.2. The highest BCUT2D eigenvalue weighted by molar-refractivity contribution is 7.00. The minimum atomic E-state index is -0.144. The van der Waals surface area contributed by atoms with E-state index in [0.29, 0.717) is 5.82 Å². The molecular weight excluding hydrogens is 956 g/mol. The highest BCUT2D eigenvalue weighted by atomic mass is 15.2. The van der Waals surface area contributed by atoms with Crippen LogP contribution in [-0.2, 0) is 21.7 Å². The lowest BCUT2D eigenvalue weighted by Gasteiger charge is -2.45. The van der Waals surface area contributed by atoms with Gasteiger partial charge in [0.1, 0.15) is 0 Å². The molecule has 0 bridgehead atoms. The van der Waals surface area contributed by atoms with Crippen molar-refractivity contribution in [1.82, 2.24) is 9.97 Å². The SMILES string of the molecule is CC(C)(C)c1cc(N2c3ccc(-c4ccccc4)cc3B3c4cc(-c5ccccc5)ccc4N(c4cc(C(C)(C)C)cc(C(C)(C)C)c4)c4cc(-c5cc(-c6ccccc6)nc(-c6ccccc6)n5)cc2c43)cc(C(C)(C)C)c1. The first-order valence-electron chi connectivity index (χ1n) is 28.2. The van der Waals surface area contributed by atoms with Crippen LogP contribution < -0.4 is 26.2 Å². The van der Waals surface area contributed by atoms with Gasteiger partial charge in [0, 0.05) is 50.8 Å². The molecule has 390 valence electrons. The average Bonchev–Trinajstić information content (AvgIpc) is 2.41. The minimum absolute atomic E-state index is 0.120. The molecule has 0 radical (unpaired) electrons. The Labute approximate surface area is 470 Å². The fourth-order valence-corrected chi connectivity index (χ4v) is 11.6. The molecule has 2 aliphatic rings. The lowest BCUT2D eigenvalue weighted by molar-refractivity contribution is 0.568. The molecule has 3 heterocycles. The molecular formula is C74H71BN4. The van der Waals surface area contributed by atoms with Crippen molar-refractivity contribution in [2.45, 2.75) is 105 Å². The van der Waals surface area contributed by atoms with Gasteiger partial charge in [0.05, 0.1) is 11.4 Å². The Bertz CT molecular complexity index is 3620. The first-order valence-corrected chi connectivity index (χ1v) is 28.2. The number of rotatable bonds is 7. The molecule has 5 heteroatoms. The second-order valence-electron chi connectivity index (χ2n) is 26.0. The zero-order valence-electron chi connectivity index (χ0n) is 48.1. The highest BCUT2D eigenvalue weighted by Crippen LogP contribution is 2.49. The number of hydrogen-bond donors (Lipinski definition) is 0. The largest absolute Gasteiger partial charge is 0.311 e. The molecule has 0 fully saturated rings. The van der Waals surface area contributed by atoms with Crippen molar-refractivity contribution in [3.8, 4) is 56.2 Å². The summed E-state index contributed by atoms with van der Waals surface area (Å²) in [5, 5.41) is 0. The van der Waals surface area contributed by atoms with Crippen molar-refractivity contribution < 1.29 is 0 Å². The fourth-order valence-electron chi connectivity index (χ4n) is 11.6. The molecule has 0 amide bonds. The van der Waals surface area contributed by atoms with Gasteiger partial charge in [-0.2, -0.15) is 0 Å². The van der Waals surface area contributed by atoms with Gasteiger partial charge in [0.25, 0.3) is 6.71 Å². The molecule has 0 saturated carbocycles. The molecule has 0 atom stereocenters. The lowest BCUT2D eigenvalue weighted by Crippen LogP contribution is -2.61. The molecule has 0 unspecified atom stereocenters. The van der Waals surface area contributed by atoms with E-state index in [1.807, 2.05) is 0 Å². The van der Waals surface area contributed by atoms with Crippen LogP contribution in [0.3, 0.4) is 0 Å². The third kappa shape index (κ3) is 9.68. The normalized spacial score (nSPS) is 13.2. The second-order valence-corrected chi connectivity index (χ2v) is 26.0. The summed E-state index contributed by atoms with van der Waals surface area (Å²) in [5.74, 6) is 0.688. The van der Waals surface area contributed by atoms with E-state index in [2.05, 4.69) is 305 Å². The summed E-state index contributed by atoms with van der Waals surface area (Å²) in [6.45, 7) is 27.9. The quantitative estimate of drug-likeness (QED) is 0.149. The first-order chi connectivity index (χ1) is 37.7. The number of fused-ring (bicyclic) bond motifs is 4. The van der Waals surface area contributed by atoms with Gasteiger partial charge < -0.3 is 9.80 Å². The van der Waals surface area contributed by atoms with Gasteiger partial charge in [-0.3, -0.25) is 0 Å². The van der Waals surface area contributed by atoms with Crippen molar-refractivity contribution in [1.29, 1.82) is 0 Å². The molecule has 0 aliphatic carbocycles. The summed E-state index contributed by atoms with van der Waals surface area (Å²) in [4.78, 5) is 16.1. The Hall–Kier alpha value is -8.28. The van der Waals surface area contributed by atoms with Crippen LogP contribution in [0.25, 0.3) is 56.2 Å². The third-order valence-electron chi connectivity index (χ3n) is 16.2. The van der Waals surface area contributed by atoms with Crippen LogP contribution in [0.15, 0.2) is 212 Å². The molecule has 12 rings (SSSR count). The van der Waals surface area contributed by atoms with Crippen LogP contribution >= 0.6 is 0 Å². The zero-order chi connectivity index (χ0) is 55.2. The van der Waals surface area contributed by atoms with Crippen LogP contribution in [0.5, 0.6) is 0 Å². The topological polar surface area (TPSA) is 32.3 Å². The van der Waals surface area contributed by atoms with Crippen LogP contribution in [0, 0.1) is 0 Å². The number of benzene rings is 9. The summed E-state index contributed by atoms with van der Waals surface area (Å²) in [5.41, 5.74) is 24.9. The first kappa shape index (κ1) is 51.5. The van der Waals surface area contributed by atoms with Crippen LogP contribution in [0.2, 0.25) is 0 Å². The van der Waals surface area contributed by atoms with Crippen molar-refractivity contribution in [3.63, 3.8) is 0 Å². The Kier molecular flexibility index (Phi) is 12.6. The van der Waals surface area contributed by atoms with Crippen LogP contribution in [0.4, 0.5) is 34.1 Å². The maximum absolute atomic E-state index is 5.57. The average molecular weight is 1030 g/mol. The predicted octanol–water partition coefficient (Wildman–Crippen LogP) is 18.1. The van der Waals surface area contributed by atoms with Crippen LogP contribution in [0.1, 0.15) is 105 Å². The molecule has 2 aliphatic heterocycles. The summed E-state index contributed by atoms with van der Waals surface area (Å²) in [6, 6.07) is 79.0. The van der Waals surface area contributed by atoms with Gasteiger partial charge in [-0.25, -0.2) is 9.97 Å². The van der Waals surface area contributed by atoms with E-state index in [9.17, 15) is 0 Å². The molecule has 1 aromatic heterocycles. The lowest BCUT2D eigenvalue weighted by atomic mass is 9.33. The predicted molar refractivity (Wildman–Crippen MR) is 338 cm³/mol. The van der Waals surface area contributed by atoms with Crippen molar-refractivity contribution in [2.75, 3.05) is 9.80 Å². The van der Waals surface area contributed by atoms with Gasteiger partial charge in [0.2, 0.25) is 0 Å². The number of nitrogens with zero attached hydrogens (tertiary/aromatic N) is 4. The maximum atomic E-state index is 5.57. The molecule has 0 N–H and O–H groups in total. The Morgan fingerprint density at radius 1 is 0.291 bits per heavy atom. The van der Waals surface area contributed by atoms with Crippen molar-refractivity contribution in [3.05, 3.63) is 235 Å². The Morgan fingerprint density at radius 2 is 0.633 bits per heavy atom. The van der Waals surface area contributed by atoms with E-state index >= 15 is 0 Å². The zero-order valence-corrected chi connectivity index (χ0v) is 48.1. The van der Waals surface area contributed by atoms with E-state index in [4.69, 9.17) is 9.97 Å². The van der Waals surface area contributed by atoms with Gasteiger partial charge >= 0.3 is 0 Å². The van der Waals surface area contributed by atoms with E-state index in [0.717, 1.165) is 62.2 Å². The molecule has 4 nitrogen and oxygen atoms in total. The highest BCUT2D eigenvalue weighted by Gasteiger charge is 2.45. The van der Waals surface area contributed by atoms with Gasteiger partial charge in [0.15, 0.2) is 5.82 Å². The molecule has 79 heavy (non-hydrogen) atoms. The number of anilines is 6. The van der Waals surface area contributed by atoms with E-state index < -0.39 is 0 Å². The smallest absolute Gasteiger partial charge is 0.252 e. The minimum Gasteiger partial charge on any atom is -0.311 e. The molecule has 10 aromatic rings. The van der Waals surface area contributed by atoms with Crippen LogP contribution in [-0.4, -0.2) is 16.7 Å². The Balaban J connectivity index is 1.25. The van der Waals surface area contributed by atoms with Gasteiger partial charge in [-0.05, 0) is 137 Å². The fraction of sp³-hybridized carbons (Fsp3) is 0.216. The van der Waals surface area contributed by atoms with Crippen molar-refractivity contribution >= 4 is 57.2 Å². The van der Waals surface area contributed by atoms with E-state index in [-0.39, 0.29) is 28.4 Å². The molecule has 0 spiro atoms. The summed E-state index contributed by atoms with van der Waals surface area (Å²) in [7, 11) is 0. The number of aromatic nitrogens is 2. The second kappa shape index (κ2) is 19.3. The van der Waals surface area contributed by atoms with Gasteiger partial charge in [-0.15, -0.1) is 0 Å².